The van der Waals surface area contributed by atoms with E-state index in [2.05, 4.69) is 25.3 Å². The first-order valence-corrected chi connectivity index (χ1v) is 8.50. The Morgan fingerprint density at radius 2 is 1.95 bits per heavy atom. The number of amides is 1. The highest BCUT2D eigenvalue weighted by molar-refractivity contribution is 7.98. The van der Waals surface area contributed by atoms with Gasteiger partial charge < -0.3 is 10.6 Å². The molecule has 4 heteroatoms. The van der Waals surface area contributed by atoms with Crippen LogP contribution in [-0.4, -0.2) is 41.9 Å². The topological polar surface area (TPSA) is 46.3 Å². The summed E-state index contributed by atoms with van der Waals surface area (Å²) in [7, 11) is 1.86. The molecular weight excluding hydrogens is 268 g/mol. The van der Waals surface area contributed by atoms with Crippen molar-refractivity contribution >= 4 is 17.7 Å². The summed E-state index contributed by atoms with van der Waals surface area (Å²) in [6.45, 7) is 2.08. The third-order valence-corrected chi connectivity index (χ3v) is 4.30. The second-order valence-electron chi connectivity index (χ2n) is 5.21. The zero-order chi connectivity index (χ0) is 15.0. The molecule has 0 aliphatic carbocycles. The minimum Gasteiger partial charge on any atom is -0.342 e. The van der Waals surface area contributed by atoms with E-state index in [1.54, 1.807) is 16.7 Å². The number of benzene rings is 1. The molecule has 0 aliphatic rings. The van der Waals surface area contributed by atoms with Crippen LogP contribution >= 0.6 is 11.8 Å². The number of aryl methyl sites for hydroxylation is 1. The predicted molar refractivity (Wildman–Crippen MR) is 88.0 cm³/mol. The molecule has 1 amide bonds. The molecule has 20 heavy (non-hydrogen) atoms. The Balaban J connectivity index is 2.41. The number of carbonyl (C=O) groups excluding carboxylic acids is 1. The molecule has 0 spiro atoms. The van der Waals surface area contributed by atoms with Gasteiger partial charge in [-0.3, -0.25) is 4.79 Å². The van der Waals surface area contributed by atoms with Crippen LogP contribution in [-0.2, 0) is 11.2 Å². The van der Waals surface area contributed by atoms with Crippen LogP contribution in [0.4, 0.5) is 0 Å². The van der Waals surface area contributed by atoms with Crippen molar-refractivity contribution in [3.8, 4) is 0 Å². The summed E-state index contributed by atoms with van der Waals surface area (Å²) in [6.07, 6.45) is 4.64. The second kappa shape index (κ2) is 9.03. The maximum absolute atomic E-state index is 12.3. The number of likely N-dealkylation sites (N-methyl/N-ethyl adjacent to an activating group) is 1. The van der Waals surface area contributed by atoms with E-state index in [9.17, 15) is 4.79 Å². The van der Waals surface area contributed by atoms with Crippen LogP contribution in [0.3, 0.4) is 0 Å². The molecule has 0 saturated carbocycles. The van der Waals surface area contributed by atoms with Gasteiger partial charge in [-0.05, 0) is 43.8 Å². The van der Waals surface area contributed by atoms with Crippen LogP contribution in [0.25, 0.3) is 0 Å². The van der Waals surface area contributed by atoms with Crippen molar-refractivity contribution in [3.63, 3.8) is 0 Å². The van der Waals surface area contributed by atoms with Gasteiger partial charge in [-0.25, -0.2) is 0 Å². The number of nitrogens with zero attached hydrogens (tertiary/aromatic N) is 1. The molecule has 1 aromatic carbocycles. The van der Waals surface area contributed by atoms with Crippen LogP contribution in [0.1, 0.15) is 25.3 Å². The highest BCUT2D eigenvalue weighted by Crippen LogP contribution is 2.10. The summed E-state index contributed by atoms with van der Waals surface area (Å²) in [5, 5.41) is 0. The van der Waals surface area contributed by atoms with Crippen LogP contribution in [0.2, 0.25) is 0 Å². The minimum atomic E-state index is -0.406. The summed E-state index contributed by atoms with van der Waals surface area (Å²) in [5.74, 6) is 1.12. The largest absolute Gasteiger partial charge is 0.342 e. The minimum absolute atomic E-state index is 0.0505. The van der Waals surface area contributed by atoms with E-state index in [0.29, 0.717) is 6.42 Å². The van der Waals surface area contributed by atoms with E-state index < -0.39 is 6.04 Å². The lowest BCUT2D eigenvalue weighted by molar-refractivity contribution is -0.133. The van der Waals surface area contributed by atoms with Crippen molar-refractivity contribution in [1.82, 2.24) is 4.90 Å². The van der Waals surface area contributed by atoms with Crippen molar-refractivity contribution in [2.24, 2.45) is 5.73 Å². The molecule has 3 nitrogen and oxygen atoms in total. The molecule has 2 N–H and O–H groups in total. The normalized spacial score (nSPS) is 13.8. The molecule has 112 valence electrons. The second-order valence-corrected chi connectivity index (χ2v) is 6.20. The Bertz CT molecular complexity index is 397. The molecule has 1 unspecified atom stereocenters. The Kier molecular flexibility index (Phi) is 7.70. The molecule has 0 radical (unpaired) electrons. The molecule has 0 aliphatic heterocycles. The van der Waals surface area contributed by atoms with E-state index in [-0.39, 0.29) is 11.9 Å². The third kappa shape index (κ3) is 5.55. The van der Waals surface area contributed by atoms with Gasteiger partial charge in [-0.2, -0.15) is 11.8 Å². The number of hydrogen-bond donors (Lipinski definition) is 1. The fourth-order valence-corrected chi connectivity index (χ4v) is 2.63. The Morgan fingerprint density at radius 3 is 2.55 bits per heavy atom. The maximum Gasteiger partial charge on any atom is 0.239 e. The zero-order valence-electron chi connectivity index (χ0n) is 12.7. The fourth-order valence-electron chi connectivity index (χ4n) is 2.05. The molecule has 2 atom stereocenters. The summed E-state index contributed by atoms with van der Waals surface area (Å²) < 4.78 is 0. The number of carbonyl (C=O) groups is 1. The van der Waals surface area contributed by atoms with Gasteiger partial charge in [-0.15, -0.1) is 0 Å². The van der Waals surface area contributed by atoms with Crippen molar-refractivity contribution < 1.29 is 4.79 Å². The quantitative estimate of drug-likeness (QED) is 0.801. The predicted octanol–water partition coefficient (Wildman–Crippen LogP) is 2.55. The summed E-state index contributed by atoms with van der Waals surface area (Å²) >= 11 is 1.81. The van der Waals surface area contributed by atoms with E-state index in [1.807, 2.05) is 25.2 Å². The lowest BCUT2D eigenvalue weighted by Gasteiger charge is -2.27. The highest BCUT2D eigenvalue weighted by Gasteiger charge is 2.21. The number of nitrogens with two attached hydrogens (primary N) is 1. The summed E-state index contributed by atoms with van der Waals surface area (Å²) in [4.78, 5) is 14.1. The molecule has 1 rings (SSSR count). The first-order chi connectivity index (χ1) is 9.56. The molecule has 0 heterocycles. The summed E-state index contributed by atoms with van der Waals surface area (Å²) in [5.41, 5.74) is 7.27. The van der Waals surface area contributed by atoms with E-state index >= 15 is 0 Å². The number of rotatable bonds is 8. The standard InChI is InChI=1S/C16H26N2OS/c1-13(11-12-20-3)18(2)16(19)15(17)10-9-14-7-5-4-6-8-14/h4-8,13,15H,9-12,17H2,1-3H3/t13?,15-/m0/s1. The van der Waals surface area contributed by atoms with Crippen molar-refractivity contribution in [2.75, 3.05) is 19.1 Å². The van der Waals surface area contributed by atoms with E-state index in [1.165, 1.54) is 5.56 Å². The zero-order valence-corrected chi connectivity index (χ0v) is 13.5. The molecule has 0 bridgehead atoms. The Labute approximate surface area is 126 Å². The monoisotopic (exact) mass is 294 g/mol. The maximum atomic E-state index is 12.3. The average molecular weight is 294 g/mol. The SMILES string of the molecule is CSCCC(C)N(C)C(=O)[C@@H](N)CCc1ccccc1. The lowest BCUT2D eigenvalue weighted by atomic mass is 10.0. The van der Waals surface area contributed by atoms with E-state index in [0.717, 1.165) is 18.6 Å². The van der Waals surface area contributed by atoms with Crippen LogP contribution in [0.5, 0.6) is 0 Å². The van der Waals surface area contributed by atoms with Crippen LogP contribution in [0, 0.1) is 0 Å². The smallest absolute Gasteiger partial charge is 0.239 e. The first kappa shape index (κ1) is 17.1. The van der Waals surface area contributed by atoms with Gasteiger partial charge in [0.25, 0.3) is 0 Å². The van der Waals surface area contributed by atoms with Gasteiger partial charge >= 0.3 is 0 Å². The van der Waals surface area contributed by atoms with Crippen LogP contribution < -0.4 is 5.73 Å². The van der Waals surface area contributed by atoms with E-state index in [4.69, 9.17) is 5.73 Å². The van der Waals surface area contributed by atoms with Gasteiger partial charge in [0.1, 0.15) is 0 Å². The van der Waals surface area contributed by atoms with Gasteiger partial charge in [0.05, 0.1) is 6.04 Å². The molecule has 0 saturated heterocycles. The van der Waals surface area contributed by atoms with Gasteiger partial charge in [-0.1, -0.05) is 30.3 Å². The molecule has 0 fully saturated rings. The molecule has 0 aromatic heterocycles. The highest BCUT2D eigenvalue weighted by atomic mass is 32.2. The van der Waals surface area contributed by atoms with Crippen LogP contribution in [0.15, 0.2) is 30.3 Å². The first-order valence-electron chi connectivity index (χ1n) is 7.11. The van der Waals surface area contributed by atoms with Gasteiger partial charge in [0.2, 0.25) is 5.91 Å². The third-order valence-electron chi connectivity index (χ3n) is 3.65. The van der Waals surface area contributed by atoms with Gasteiger partial charge in [0.15, 0.2) is 0 Å². The Hall–Kier alpha value is -1.00. The van der Waals surface area contributed by atoms with Crippen molar-refractivity contribution in [2.45, 2.75) is 38.3 Å². The molecule has 1 aromatic rings. The lowest BCUT2D eigenvalue weighted by Crippen LogP contribution is -2.46. The van der Waals surface area contributed by atoms with Gasteiger partial charge in [0, 0.05) is 13.1 Å². The molecular formula is C16H26N2OS. The number of hydrogen-bond acceptors (Lipinski definition) is 3. The summed E-state index contributed by atoms with van der Waals surface area (Å²) in [6, 6.07) is 10.0. The fraction of sp³-hybridized carbons (Fsp3) is 0.562. The average Bonchev–Trinajstić information content (AvgIpc) is 2.49. The number of thioether (sulfide) groups is 1. The van der Waals surface area contributed by atoms with Crippen molar-refractivity contribution in [3.05, 3.63) is 35.9 Å². The Morgan fingerprint density at radius 1 is 1.30 bits per heavy atom. The van der Waals surface area contributed by atoms with Crippen molar-refractivity contribution in [1.29, 1.82) is 0 Å².